The summed E-state index contributed by atoms with van der Waals surface area (Å²) in [4.78, 5) is 43.7. The first-order chi connectivity index (χ1) is 30.6. The van der Waals surface area contributed by atoms with E-state index >= 15 is 8.42 Å². The second kappa shape index (κ2) is 19.6. The first-order valence-corrected chi connectivity index (χ1v) is 22.4. The second-order valence-electron chi connectivity index (χ2n) is 15.3. The molecule has 6 aromatic rings. The van der Waals surface area contributed by atoms with Crippen LogP contribution in [0.5, 0.6) is 5.75 Å². The summed E-state index contributed by atoms with van der Waals surface area (Å²) in [5.41, 5.74) is 1.01. The van der Waals surface area contributed by atoms with E-state index in [1.54, 1.807) is 48.5 Å². The molecule has 0 bridgehead atoms. The third-order valence-corrected chi connectivity index (χ3v) is 13.3. The van der Waals surface area contributed by atoms with Crippen LogP contribution in [-0.2, 0) is 41.2 Å². The first-order valence-electron chi connectivity index (χ1n) is 20.9. The number of likely N-dealkylation sites (tertiary alicyclic amines) is 1. The Morgan fingerprint density at radius 1 is 0.730 bits per heavy atom. The summed E-state index contributed by atoms with van der Waals surface area (Å²) in [6.07, 6.45) is 1.33. The zero-order chi connectivity index (χ0) is 44.5. The lowest BCUT2D eigenvalue weighted by Gasteiger charge is -2.44. The summed E-state index contributed by atoms with van der Waals surface area (Å²) in [5.74, 6) is -0.918. The molecule has 12 heteroatoms. The number of carbonyl (C=O) groups is 3. The maximum absolute atomic E-state index is 15.7. The van der Waals surface area contributed by atoms with Gasteiger partial charge in [-0.25, -0.2) is 17.5 Å². The predicted octanol–water partition coefficient (Wildman–Crippen LogP) is 8.54. The van der Waals surface area contributed by atoms with Crippen molar-refractivity contribution in [1.29, 1.82) is 0 Å². The van der Waals surface area contributed by atoms with Crippen LogP contribution in [0.4, 0.5) is 0 Å². The molecule has 1 aliphatic rings. The summed E-state index contributed by atoms with van der Waals surface area (Å²) in [6, 6.07) is 48.6. The van der Waals surface area contributed by atoms with E-state index in [9.17, 15) is 14.4 Å². The Labute approximate surface area is 369 Å². The van der Waals surface area contributed by atoms with Gasteiger partial charge in [0.1, 0.15) is 11.3 Å². The van der Waals surface area contributed by atoms with E-state index in [-0.39, 0.29) is 30.6 Å². The van der Waals surface area contributed by atoms with Gasteiger partial charge in [0.25, 0.3) is 15.9 Å². The van der Waals surface area contributed by atoms with Crippen LogP contribution in [0.2, 0.25) is 0 Å². The van der Waals surface area contributed by atoms with Gasteiger partial charge in [-0.3, -0.25) is 14.9 Å². The molecule has 1 aliphatic heterocycles. The average Bonchev–Trinajstić information content (AvgIpc) is 3.77. The molecule has 2 amide bonds. The van der Waals surface area contributed by atoms with Crippen LogP contribution in [0.15, 0.2) is 169 Å². The van der Waals surface area contributed by atoms with E-state index in [4.69, 9.17) is 14.2 Å². The van der Waals surface area contributed by atoms with E-state index in [1.807, 2.05) is 122 Å². The van der Waals surface area contributed by atoms with Gasteiger partial charge in [-0.05, 0) is 77.4 Å². The van der Waals surface area contributed by atoms with Gasteiger partial charge in [0.05, 0.1) is 12.0 Å². The predicted molar refractivity (Wildman–Crippen MR) is 241 cm³/mol. The van der Waals surface area contributed by atoms with E-state index < -0.39 is 33.1 Å². The Balaban J connectivity index is 1.24. The molecule has 1 heterocycles. The zero-order valence-electron chi connectivity index (χ0n) is 35.6. The quantitative estimate of drug-likeness (QED) is 0.0545. The van der Waals surface area contributed by atoms with Gasteiger partial charge < -0.3 is 19.1 Å². The van der Waals surface area contributed by atoms with Gasteiger partial charge in [-0.15, -0.1) is 0 Å². The molecular weight excluding hydrogens is 815 g/mol. The molecule has 6 aromatic carbocycles. The smallest absolute Gasteiger partial charge is 0.347 e. The van der Waals surface area contributed by atoms with Crippen molar-refractivity contribution in [3.63, 3.8) is 0 Å². The lowest BCUT2D eigenvalue weighted by Crippen LogP contribution is -2.62. The molecule has 1 saturated heterocycles. The molecule has 0 spiro atoms. The number of amides is 2. The minimum Gasteiger partial charge on any atom is -0.468 e. The van der Waals surface area contributed by atoms with Crippen molar-refractivity contribution in [2.45, 2.75) is 55.2 Å². The summed E-state index contributed by atoms with van der Waals surface area (Å²) in [6.45, 7) is 2.45. The van der Waals surface area contributed by atoms with Crippen LogP contribution < -0.4 is 10.1 Å². The van der Waals surface area contributed by atoms with Crippen molar-refractivity contribution in [2.75, 3.05) is 27.6 Å². The average molecular weight is 866 g/mol. The molecule has 1 atom stereocenters. The highest BCUT2D eigenvalue weighted by atomic mass is 32.2. The van der Waals surface area contributed by atoms with Crippen molar-refractivity contribution >= 4 is 27.8 Å². The molecule has 0 aliphatic carbocycles. The molecule has 63 heavy (non-hydrogen) atoms. The fourth-order valence-corrected chi connectivity index (χ4v) is 10.4. The number of nitrogens with zero attached hydrogens (tertiary/aromatic N) is 2. The topological polar surface area (TPSA) is 132 Å². The highest BCUT2D eigenvalue weighted by Crippen LogP contribution is 2.47. The number of nitrogens with one attached hydrogen (secondary N) is 1. The van der Waals surface area contributed by atoms with Gasteiger partial charge in [0.15, 0.2) is 12.5 Å². The summed E-state index contributed by atoms with van der Waals surface area (Å²) < 4.78 is 48.2. The van der Waals surface area contributed by atoms with Crippen molar-refractivity contribution in [1.82, 2.24) is 14.5 Å². The number of methoxy groups -OCH3 is 2. The van der Waals surface area contributed by atoms with Gasteiger partial charge in [-0.2, -0.15) is 0 Å². The largest absolute Gasteiger partial charge is 0.468 e. The Morgan fingerprint density at radius 3 is 1.83 bits per heavy atom. The molecule has 1 unspecified atom stereocenters. The van der Waals surface area contributed by atoms with Crippen LogP contribution in [-0.4, -0.2) is 68.6 Å². The molecular formula is C51H51N3O8S. The van der Waals surface area contributed by atoms with Gasteiger partial charge in [0.2, 0.25) is 5.91 Å². The third-order valence-electron chi connectivity index (χ3n) is 11.4. The molecule has 1 N–H and O–H groups in total. The van der Waals surface area contributed by atoms with Crippen LogP contribution >= 0.6 is 0 Å². The Bertz CT molecular complexity index is 2510. The summed E-state index contributed by atoms with van der Waals surface area (Å²) in [7, 11) is -1.81. The van der Waals surface area contributed by atoms with Gasteiger partial charge in [0, 0.05) is 37.7 Å². The summed E-state index contributed by atoms with van der Waals surface area (Å²) >= 11 is 0. The molecule has 0 aromatic heterocycles. The fourth-order valence-electron chi connectivity index (χ4n) is 8.49. The lowest BCUT2D eigenvalue weighted by molar-refractivity contribution is -0.154. The highest BCUT2D eigenvalue weighted by Gasteiger charge is 2.52. The van der Waals surface area contributed by atoms with Crippen LogP contribution in [0, 0.1) is 0 Å². The number of rotatable bonds is 17. The molecule has 1 fully saturated rings. The number of hydrogen-bond donors (Lipinski definition) is 1. The van der Waals surface area contributed by atoms with Crippen LogP contribution in [0.25, 0.3) is 11.1 Å². The Morgan fingerprint density at radius 2 is 1.29 bits per heavy atom. The van der Waals surface area contributed by atoms with Crippen molar-refractivity contribution < 1.29 is 37.0 Å². The second-order valence-corrected chi connectivity index (χ2v) is 17.0. The number of ether oxygens (including phenoxy) is 3. The maximum atomic E-state index is 15.7. The number of benzene rings is 6. The molecule has 0 saturated carbocycles. The zero-order valence-corrected chi connectivity index (χ0v) is 36.4. The highest BCUT2D eigenvalue weighted by molar-refractivity contribution is 7.89. The number of sulfonamides is 1. The first kappa shape index (κ1) is 44.5. The minimum absolute atomic E-state index is 0.0104. The Kier molecular flexibility index (Phi) is 13.8. The van der Waals surface area contributed by atoms with E-state index in [0.717, 1.165) is 9.87 Å². The van der Waals surface area contributed by atoms with Crippen LogP contribution in [0.1, 0.15) is 65.2 Å². The van der Waals surface area contributed by atoms with E-state index in [2.05, 4.69) is 5.32 Å². The van der Waals surface area contributed by atoms with Crippen molar-refractivity contribution in [3.05, 3.63) is 192 Å². The fraction of sp³-hybridized carbons (Fsp3) is 0.235. The number of esters is 1. The third kappa shape index (κ3) is 8.75. The van der Waals surface area contributed by atoms with Crippen molar-refractivity contribution in [2.24, 2.45) is 0 Å². The van der Waals surface area contributed by atoms with Crippen LogP contribution in [0.3, 0.4) is 0 Å². The van der Waals surface area contributed by atoms with Gasteiger partial charge >= 0.3 is 5.97 Å². The number of hydrogen-bond acceptors (Lipinski definition) is 9. The number of carbonyl (C=O) groups excluding carboxylic acids is 3. The lowest BCUT2D eigenvalue weighted by atomic mass is 9.76. The minimum atomic E-state index is -4.63. The van der Waals surface area contributed by atoms with E-state index in [1.165, 1.54) is 19.1 Å². The standard InChI is InChI=1S/C51H51N3O8S/c1-4-17-47(55)54(51(41-18-8-5-9-19-41,42-20-10-6-11-21-42)43-22-12-7-13-23-43)63(58,59)46-25-15-14-24-45(46)39-28-26-38(27-29-39)36-52-50(49(57)61-3)34-16-35-53(50)48(56)40-30-32-44(33-31-40)62-37-60-2/h5-15,18-33,52H,4,16-17,34-37H2,1-3H3. The molecule has 324 valence electrons. The summed E-state index contributed by atoms with van der Waals surface area (Å²) in [5, 5.41) is 3.35. The maximum Gasteiger partial charge on any atom is 0.347 e. The monoisotopic (exact) mass is 865 g/mol. The van der Waals surface area contributed by atoms with Crippen molar-refractivity contribution in [3.8, 4) is 16.9 Å². The molecule has 11 nitrogen and oxygen atoms in total. The molecule has 7 rings (SSSR count). The van der Waals surface area contributed by atoms with E-state index in [0.29, 0.717) is 64.9 Å². The molecule has 0 radical (unpaired) electrons. The van der Waals surface area contributed by atoms with Gasteiger partial charge in [-0.1, -0.05) is 140 Å². The normalized spacial score (nSPS) is 15.1. The SMILES string of the molecule is CCCC(=O)N(C(c1ccccc1)(c1ccccc1)c1ccccc1)S(=O)(=O)c1ccccc1-c1ccc(CNC2(C(=O)OC)CCCN2C(=O)c2ccc(OCOC)cc2)cc1. The Hall–Kier alpha value is -6.60.